The molecule has 0 unspecified atom stereocenters. The predicted molar refractivity (Wildman–Crippen MR) is 82.1 cm³/mol. The van der Waals surface area contributed by atoms with Gasteiger partial charge >= 0.3 is 0 Å². The molecule has 1 aromatic heterocycles. The first-order valence-corrected chi connectivity index (χ1v) is 8.36. The molecule has 0 bridgehead atoms. The number of aromatic nitrogens is 2. The van der Waals surface area contributed by atoms with E-state index >= 15 is 0 Å². The highest BCUT2D eigenvalue weighted by molar-refractivity contribution is 7.17. The lowest BCUT2D eigenvalue weighted by molar-refractivity contribution is 0.0948. The van der Waals surface area contributed by atoms with Crippen LogP contribution in [0.2, 0.25) is 0 Å². The molecule has 1 aliphatic carbocycles. The molecule has 1 heterocycles. The van der Waals surface area contributed by atoms with Crippen molar-refractivity contribution < 1.29 is 4.79 Å². The van der Waals surface area contributed by atoms with Gasteiger partial charge in [0.25, 0.3) is 5.91 Å². The van der Waals surface area contributed by atoms with Gasteiger partial charge in [0.05, 0.1) is 0 Å². The van der Waals surface area contributed by atoms with E-state index in [-0.39, 0.29) is 5.91 Å². The van der Waals surface area contributed by atoms with Gasteiger partial charge in [0, 0.05) is 13.1 Å². The van der Waals surface area contributed by atoms with Crippen LogP contribution in [0.3, 0.4) is 0 Å². The molecule has 0 aliphatic heterocycles. The minimum Gasteiger partial charge on any atom is -0.360 e. The van der Waals surface area contributed by atoms with Crippen molar-refractivity contribution >= 4 is 22.4 Å². The molecule has 6 heteroatoms. The molecule has 0 radical (unpaired) electrons. The third-order valence-corrected chi connectivity index (χ3v) is 4.80. The van der Waals surface area contributed by atoms with Crippen molar-refractivity contribution in [2.45, 2.75) is 46.0 Å². The molecule has 1 aromatic rings. The summed E-state index contributed by atoms with van der Waals surface area (Å²) in [6, 6.07) is 0. The Labute approximate surface area is 124 Å². The number of hydrogen-bond acceptors (Lipinski definition) is 5. The Balaban J connectivity index is 1.69. The maximum atomic E-state index is 11.9. The number of anilines is 1. The van der Waals surface area contributed by atoms with E-state index in [0.717, 1.165) is 31.3 Å². The van der Waals surface area contributed by atoms with Crippen LogP contribution in [0.5, 0.6) is 0 Å². The maximum Gasteiger partial charge on any atom is 0.282 e. The Morgan fingerprint density at radius 3 is 2.75 bits per heavy atom. The first kappa shape index (κ1) is 15.2. The largest absolute Gasteiger partial charge is 0.360 e. The molecular formula is C14H24N4OS. The number of amides is 1. The average Bonchev–Trinajstić information content (AvgIpc) is 2.90. The second-order valence-corrected chi connectivity index (χ2v) is 6.59. The van der Waals surface area contributed by atoms with E-state index < -0.39 is 0 Å². The number of carbonyl (C=O) groups excluding carboxylic acids is 1. The Morgan fingerprint density at radius 1 is 1.30 bits per heavy atom. The summed E-state index contributed by atoms with van der Waals surface area (Å²) in [5, 5.41) is 15.0. The molecular weight excluding hydrogens is 272 g/mol. The van der Waals surface area contributed by atoms with Crippen molar-refractivity contribution in [1.82, 2.24) is 15.5 Å². The monoisotopic (exact) mass is 296 g/mol. The molecule has 20 heavy (non-hydrogen) atoms. The Hall–Kier alpha value is -1.17. The number of hydrogen-bond donors (Lipinski definition) is 2. The predicted octanol–water partition coefficient (Wildman–Crippen LogP) is 2.92. The molecule has 112 valence electrons. The molecule has 1 amide bonds. The molecule has 0 saturated heterocycles. The van der Waals surface area contributed by atoms with E-state index in [1.165, 1.54) is 37.0 Å². The van der Waals surface area contributed by atoms with Gasteiger partial charge in [-0.25, -0.2) is 0 Å². The minimum atomic E-state index is -0.101. The number of carbonyl (C=O) groups is 1. The lowest BCUT2D eigenvalue weighted by Crippen LogP contribution is -2.26. The van der Waals surface area contributed by atoms with Gasteiger partial charge in [-0.2, -0.15) is 0 Å². The van der Waals surface area contributed by atoms with Gasteiger partial charge in [0.15, 0.2) is 0 Å². The quantitative estimate of drug-likeness (QED) is 0.847. The van der Waals surface area contributed by atoms with Crippen molar-refractivity contribution in [3.8, 4) is 0 Å². The first-order chi connectivity index (χ1) is 9.69. The Morgan fingerprint density at radius 2 is 2.05 bits per heavy atom. The molecule has 1 aliphatic rings. The van der Waals surface area contributed by atoms with Crippen molar-refractivity contribution in [1.29, 1.82) is 0 Å². The van der Waals surface area contributed by atoms with Crippen LogP contribution in [0.1, 0.15) is 55.8 Å². The van der Waals surface area contributed by atoms with Crippen molar-refractivity contribution in [3.05, 3.63) is 5.01 Å². The zero-order valence-corrected chi connectivity index (χ0v) is 13.1. The number of rotatable bonds is 6. The van der Waals surface area contributed by atoms with Crippen LogP contribution >= 0.6 is 11.3 Å². The summed E-state index contributed by atoms with van der Waals surface area (Å²) in [5.41, 5.74) is 0. The van der Waals surface area contributed by atoms with Crippen molar-refractivity contribution in [3.63, 3.8) is 0 Å². The number of nitrogens with one attached hydrogen (secondary N) is 2. The van der Waals surface area contributed by atoms with Gasteiger partial charge in [-0.05, 0) is 25.2 Å². The van der Waals surface area contributed by atoms with Gasteiger partial charge in [-0.15, -0.1) is 10.2 Å². The summed E-state index contributed by atoms with van der Waals surface area (Å²) >= 11 is 1.31. The topological polar surface area (TPSA) is 66.9 Å². The molecule has 1 saturated carbocycles. The van der Waals surface area contributed by atoms with Crippen LogP contribution in [0.15, 0.2) is 0 Å². The standard InChI is InChI=1S/C14H24N4OS/c1-3-15-14-18-17-13(20-14)12(19)16-9-8-11-6-4-10(2)5-7-11/h10-11H,3-9H2,1-2H3,(H,15,18)(H,16,19). The molecule has 5 nitrogen and oxygen atoms in total. The van der Waals surface area contributed by atoms with E-state index in [1.807, 2.05) is 6.92 Å². The van der Waals surface area contributed by atoms with Crippen LogP contribution in [0, 0.1) is 11.8 Å². The van der Waals surface area contributed by atoms with E-state index in [0.29, 0.717) is 10.1 Å². The molecule has 2 N–H and O–H groups in total. The fourth-order valence-electron chi connectivity index (χ4n) is 2.62. The fourth-order valence-corrected chi connectivity index (χ4v) is 3.35. The highest BCUT2D eigenvalue weighted by Gasteiger charge is 2.18. The average molecular weight is 296 g/mol. The summed E-state index contributed by atoms with van der Waals surface area (Å²) in [6.07, 6.45) is 6.36. The number of nitrogens with zero attached hydrogens (tertiary/aromatic N) is 2. The van der Waals surface area contributed by atoms with Gasteiger partial charge in [-0.1, -0.05) is 43.9 Å². The van der Waals surface area contributed by atoms with E-state index in [2.05, 4.69) is 27.8 Å². The fraction of sp³-hybridized carbons (Fsp3) is 0.786. The highest BCUT2D eigenvalue weighted by atomic mass is 32.1. The third-order valence-electron chi connectivity index (χ3n) is 3.92. The smallest absolute Gasteiger partial charge is 0.282 e. The molecule has 0 aromatic carbocycles. The summed E-state index contributed by atoms with van der Waals surface area (Å²) in [5.74, 6) is 1.56. The van der Waals surface area contributed by atoms with Crippen molar-refractivity contribution in [2.75, 3.05) is 18.4 Å². The summed E-state index contributed by atoms with van der Waals surface area (Å²) in [7, 11) is 0. The van der Waals surface area contributed by atoms with E-state index in [9.17, 15) is 4.79 Å². The zero-order valence-electron chi connectivity index (χ0n) is 12.3. The summed E-state index contributed by atoms with van der Waals surface area (Å²) < 4.78 is 0. The third kappa shape index (κ3) is 4.44. The lowest BCUT2D eigenvalue weighted by atomic mass is 9.81. The summed E-state index contributed by atoms with van der Waals surface area (Å²) in [6.45, 7) is 5.85. The molecule has 0 atom stereocenters. The molecule has 0 spiro atoms. The molecule has 1 fully saturated rings. The van der Waals surface area contributed by atoms with Crippen LogP contribution in [0.25, 0.3) is 0 Å². The second kappa shape index (κ2) is 7.57. The zero-order chi connectivity index (χ0) is 14.4. The molecule has 2 rings (SSSR count). The minimum absolute atomic E-state index is 0.101. The van der Waals surface area contributed by atoms with Crippen LogP contribution in [0.4, 0.5) is 5.13 Å². The Bertz CT molecular complexity index is 427. The van der Waals surface area contributed by atoms with Gasteiger partial charge in [-0.3, -0.25) is 4.79 Å². The second-order valence-electron chi connectivity index (χ2n) is 5.61. The summed E-state index contributed by atoms with van der Waals surface area (Å²) in [4.78, 5) is 11.9. The van der Waals surface area contributed by atoms with Crippen LogP contribution in [-0.4, -0.2) is 29.2 Å². The van der Waals surface area contributed by atoms with Gasteiger partial charge < -0.3 is 10.6 Å². The SMILES string of the molecule is CCNc1nnc(C(=O)NCCC2CCC(C)CC2)s1. The highest BCUT2D eigenvalue weighted by Crippen LogP contribution is 2.29. The first-order valence-electron chi connectivity index (χ1n) is 7.54. The van der Waals surface area contributed by atoms with Crippen LogP contribution in [-0.2, 0) is 0 Å². The normalized spacial score (nSPS) is 22.5. The van der Waals surface area contributed by atoms with E-state index in [4.69, 9.17) is 0 Å². The maximum absolute atomic E-state index is 11.9. The van der Waals surface area contributed by atoms with Crippen molar-refractivity contribution in [2.24, 2.45) is 11.8 Å². The lowest BCUT2D eigenvalue weighted by Gasteiger charge is -2.25. The van der Waals surface area contributed by atoms with Crippen LogP contribution < -0.4 is 10.6 Å². The Kier molecular flexibility index (Phi) is 5.76. The van der Waals surface area contributed by atoms with Gasteiger partial charge in [0.2, 0.25) is 10.1 Å². The van der Waals surface area contributed by atoms with E-state index in [1.54, 1.807) is 0 Å². The van der Waals surface area contributed by atoms with Gasteiger partial charge in [0.1, 0.15) is 0 Å².